The van der Waals surface area contributed by atoms with Gasteiger partial charge in [-0.1, -0.05) is 123 Å². The molecule has 0 aliphatic carbocycles. The average molecular weight is 1000 g/mol. The van der Waals surface area contributed by atoms with Crippen LogP contribution in [0.25, 0.3) is 99.4 Å². The number of ether oxygens (including phenoxy) is 1. The Kier molecular flexibility index (Phi) is 7.78. The van der Waals surface area contributed by atoms with Crippen molar-refractivity contribution in [3.63, 3.8) is 0 Å². The maximum absolute atomic E-state index is 6.64. The van der Waals surface area contributed by atoms with Crippen LogP contribution in [0, 0.1) is 18.5 Å². The van der Waals surface area contributed by atoms with Gasteiger partial charge in [0.15, 0.2) is 0 Å². The number of imidazole rings is 1. The Morgan fingerprint density at radius 3 is 2.27 bits per heavy atom. The summed E-state index contributed by atoms with van der Waals surface area (Å²) >= 11 is 0. The predicted molar refractivity (Wildman–Crippen MR) is 250 cm³/mol. The van der Waals surface area contributed by atoms with Gasteiger partial charge in [-0.05, 0) is 75.9 Å². The second kappa shape index (κ2) is 13.5. The molecule has 0 fully saturated rings. The molecular weight excluding hydrogens is 968 g/mol. The Hall–Kier alpha value is -7.60. The Morgan fingerprint density at radius 1 is 0.578 bits per heavy atom. The quantitative estimate of drug-likeness (QED) is 0.122. The van der Waals surface area contributed by atoms with Gasteiger partial charge in [-0.2, -0.15) is 18.2 Å². The molecule has 1 aliphatic rings. The Bertz CT molecular complexity index is 4050. The van der Waals surface area contributed by atoms with Crippen LogP contribution in [-0.2, 0) is 26.5 Å². The molecule has 10 bridgehead atoms. The average Bonchev–Trinajstić information content (AvgIpc) is 4.07. The second-order valence-corrected chi connectivity index (χ2v) is 17.1. The Morgan fingerprint density at radius 2 is 1.36 bits per heavy atom. The summed E-state index contributed by atoms with van der Waals surface area (Å²) in [6.07, 6.45) is 7.41. The summed E-state index contributed by atoms with van der Waals surface area (Å²) in [6, 6.07) is 63.3. The number of para-hydroxylation sites is 3. The van der Waals surface area contributed by atoms with Gasteiger partial charge in [-0.25, -0.2) is 4.98 Å². The number of rotatable bonds is 1. The molecule has 64 heavy (non-hydrogen) atoms. The second-order valence-electron chi connectivity index (χ2n) is 17.1. The topological polar surface area (TPSA) is 53.2 Å². The van der Waals surface area contributed by atoms with E-state index >= 15 is 0 Å². The minimum atomic E-state index is -0.442. The zero-order chi connectivity index (χ0) is 41.6. The number of pyridine rings is 2. The first kappa shape index (κ1) is 37.0. The Balaban J connectivity index is 0.00000413. The molecule has 0 unspecified atom stereocenters. The van der Waals surface area contributed by atoms with Gasteiger partial charge in [0.25, 0.3) is 6.33 Å². The summed E-state index contributed by atoms with van der Waals surface area (Å²) < 4.78 is 15.5. The number of hydrogen-bond donors (Lipinski definition) is 0. The van der Waals surface area contributed by atoms with Crippen LogP contribution in [0.5, 0.6) is 11.5 Å². The van der Waals surface area contributed by atoms with Crippen LogP contribution in [0.2, 0.25) is 0 Å². The van der Waals surface area contributed by atoms with Gasteiger partial charge in [-0.15, -0.1) is 17.5 Å². The number of benzene rings is 7. The van der Waals surface area contributed by atoms with Crippen LogP contribution in [0.1, 0.15) is 25.0 Å². The van der Waals surface area contributed by atoms with E-state index < -0.39 is 5.41 Å². The van der Waals surface area contributed by atoms with Crippen LogP contribution in [0.15, 0.2) is 170 Å². The zero-order valence-corrected chi connectivity index (χ0v) is 36.8. The van der Waals surface area contributed by atoms with Crippen LogP contribution in [0.4, 0.5) is 0 Å². The fraction of sp³-hybridized carbons (Fsp3) is 0.0536. The maximum atomic E-state index is 6.64. The van der Waals surface area contributed by atoms with Gasteiger partial charge in [-0.3, -0.25) is 14.1 Å². The van der Waals surface area contributed by atoms with Gasteiger partial charge >= 0.3 is 0 Å². The van der Waals surface area contributed by atoms with Crippen LogP contribution in [0.3, 0.4) is 0 Å². The SMILES string of the molecule is CC1(C)c2ccnc(c2)-n2c3[c-]c(ccc3c3cc(-c4ccccc4)ccc32)Oc2[c-]c(ncc2)-n2[c-][n+](c3ccccc32)-c2cc3c4ccccc4n4c5cccc1c5c(c2)c34.[Pt]. The summed E-state index contributed by atoms with van der Waals surface area (Å²) in [4.78, 5) is 9.92. The molecule has 6 aromatic heterocycles. The molecule has 14 rings (SSSR count). The summed E-state index contributed by atoms with van der Waals surface area (Å²) in [5.74, 6) is 2.46. The molecule has 7 heterocycles. The van der Waals surface area contributed by atoms with Crippen molar-refractivity contribution < 1.29 is 30.4 Å². The van der Waals surface area contributed by atoms with Gasteiger partial charge in [0, 0.05) is 65.5 Å². The minimum Gasteiger partial charge on any atom is -0.522 e. The number of fused-ring (bicyclic) bond motifs is 21. The van der Waals surface area contributed by atoms with E-state index in [-0.39, 0.29) is 21.1 Å². The molecule has 0 atom stereocenters. The molecule has 0 saturated carbocycles. The molecule has 1 aliphatic heterocycles. The molecule has 13 aromatic rings. The third-order valence-electron chi connectivity index (χ3n) is 13.3. The molecule has 306 valence electrons. The zero-order valence-electron chi connectivity index (χ0n) is 34.6. The predicted octanol–water partition coefficient (Wildman–Crippen LogP) is 12.4. The van der Waals surface area contributed by atoms with Crippen molar-refractivity contribution in [2.24, 2.45) is 0 Å². The van der Waals surface area contributed by atoms with E-state index in [4.69, 9.17) is 14.7 Å². The van der Waals surface area contributed by atoms with Crippen LogP contribution >= 0.6 is 0 Å². The van der Waals surface area contributed by atoms with Crippen LogP contribution < -0.4 is 9.30 Å². The van der Waals surface area contributed by atoms with Gasteiger partial charge in [0.1, 0.15) is 5.82 Å². The maximum Gasteiger partial charge on any atom is 0.269 e. The van der Waals surface area contributed by atoms with E-state index in [1.807, 2.05) is 22.9 Å². The third kappa shape index (κ3) is 5.10. The van der Waals surface area contributed by atoms with Crippen molar-refractivity contribution in [3.8, 4) is 39.9 Å². The molecule has 7 aromatic carbocycles. The van der Waals surface area contributed by atoms with E-state index in [1.165, 1.54) is 43.7 Å². The van der Waals surface area contributed by atoms with Gasteiger partial charge in [0.2, 0.25) is 0 Å². The monoisotopic (exact) mass is 1000 g/mol. The minimum absolute atomic E-state index is 0. The van der Waals surface area contributed by atoms with E-state index in [9.17, 15) is 0 Å². The van der Waals surface area contributed by atoms with E-state index in [2.05, 4.69) is 191 Å². The fourth-order valence-corrected chi connectivity index (χ4v) is 10.4. The van der Waals surface area contributed by atoms with Crippen molar-refractivity contribution in [3.05, 3.63) is 200 Å². The van der Waals surface area contributed by atoms with Crippen molar-refractivity contribution in [2.45, 2.75) is 19.3 Å². The summed E-state index contributed by atoms with van der Waals surface area (Å²) in [6.45, 7) is 4.67. The molecule has 7 nitrogen and oxygen atoms in total. The van der Waals surface area contributed by atoms with E-state index in [0.29, 0.717) is 17.3 Å². The van der Waals surface area contributed by atoms with E-state index in [1.54, 1.807) is 6.20 Å². The normalized spacial score (nSPS) is 13.3. The largest absolute Gasteiger partial charge is 0.522 e. The first-order chi connectivity index (χ1) is 31.0. The smallest absolute Gasteiger partial charge is 0.269 e. The molecule has 0 spiro atoms. The van der Waals surface area contributed by atoms with E-state index in [0.717, 1.165) is 61.0 Å². The third-order valence-corrected chi connectivity index (χ3v) is 13.3. The summed E-state index contributed by atoms with van der Waals surface area (Å²) in [5.41, 5.74) is 12.7. The molecule has 8 heteroatoms. The molecular formula is C56H34N6OPt-2. The first-order valence-corrected chi connectivity index (χ1v) is 21.2. The summed E-state index contributed by atoms with van der Waals surface area (Å²) in [7, 11) is 0. The number of aromatic nitrogens is 6. The van der Waals surface area contributed by atoms with Crippen molar-refractivity contribution in [1.29, 1.82) is 0 Å². The first-order valence-electron chi connectivity index (χ1n) is 21.2. The van der Waals surface area contributed by atoms with Gasteiger partial charge < -0.3 is 13.7 Å². The molecule has 0 amide bonds. The molecule has 0 saturated heterocycles. The van der Waals surface area contributed by atoms with Crippen LogP contribution in [-0.4, -0.2) is 23.5 Å². The summed E-state index contributed by atoms with van der Waals surface area (Å²) in [5, 5.41) is 7.00. The van der Waals surface area contributed by atoms with Gasteiger partial charge in [0.05, 0.1) is 39.1 Å². The van der Waals surface area contributed by atoms with Crippen molar-refractivity contribution >= 4 is 70.9 Å². The fourth-order valence-electron chi connectivity index (χ4n) is 10.4. The van der Waals surface area contributed by atoms with Crippen molar-refractivity contribution in [1.82, 2.24) is 23.5 Å². The Labute approximate surface area is 381 Å². The molecule has 0 N–H and O–H groups in total. The van der Waals surface area contributed by atoms with Crippen molar-refractivity contribution in [2.75, 3.05) is 0 Å². The molecule has 0 radical (unpaired) electrons. The number of nitrogens with zero attached hydrogens (tertiary/aromatic N) is 6. The standard InChI is InChI=1S/C56H34N6O.Pt/c1-56(2)36-23-25-58-53(28-36)61-47-22-19-35(34-11-4-3-5-12-34)27-42(47)41-21-20-38(31-51(41)61)63-39-24-26-57-52(32-39)60-33-59(48-16-8-9-17-49(48)60)37-29-43-40-13-6-7-15-46(40)62-50-18-10-14-45(56)54(50)44(30-37)55(43)62;/h3-30H,1-2H3;/q-2;. The number of hydrogen-bond acceptors (Lipinski definition) is 3.